The van der Waals surface area contributed by atoms with Gasteiger partial charge in [-0.05, 0) is 94.5 Å². The van der Waals surface area contributed by atoms with Gasteiger partial charge in [0.05, 0.1) is 0 Å². The van der Waals surface area contributed by atoms with Gasteiger partial charge in [-0.1, -0.05) is 0 Å². The second-order valence-electron chi connectivity index (χ2n) is 10.0. The molecule has 0 saturated heterocycles. The fraction of sp³-hybridized carbons (Fsp3) is 0.188. The lowest BCUT2D eigenvalue weighted by Gasteiger charge is -2.34. The van der Waals surface area contributed by atoms with Crippen molar-refractivity contribution in [3.05, 3.63) is 130 Å². The van der Waals surface area contributed by atoms with Crippen LogP contribution in [0.4, 0.5) is 8.78 Å². The van der Waals surface area contributed by atoms with Crippen LogP contribution in [0.1, 0.15) is 43.0 Å². The number of fused-ring (bicyclic) bond motifs is 2. The monoisotopic (exact) mass is 636 g/mol. The summed E-state index contributed by atoms with van der Waals surface area (Å²) in [5.41, 5.74) is 4.47. The van der Waals surface area contributed by atoms with Crippen molar-refractivity contribution in [1.29, 1.82) is 0 Å². The molecule has 0 aliphatic carbocycles. The Morgan fingerprint density at radius 2 is 1.27 bits per heavy atom. The first kappa shape index (κ1) is 32.8. The Balaban J connectivity index is 0.000000170. The predicted molar refractivity (Wildman–Crippen MR) is 158 cm³/mol. The first-order valence-corrected chi connectivity index (χ1v) is 14.0. The SMILES string of the molecule is O=C(Cl)c1ccc(F)cc1.O=C(O)C1Cc2cnccc2CN1.O=C(O)C1Cc2cnccc2CN1C(=O)c1ccc(F)cc1. The quantitative estimate of drug-likeness (QED) is 0.279. The summed E-state index contributed by atoms with van der Waals surface area (Å²) in [6.07, 6.45) is 7.45. The van der Waals surface area contributed by atoms with E-state index in [1.165, 1.54) is 53.4 Å². The number of carbonyl (C=O) groups excluding carboxylic acids is 2. The van der Waals surface area contributed by atoms with Crippen LogP contribution < -0.4 is 5.32 Å². The van der Waals surface area contributed by atoms with Crippen molar-refractivity contribution in [3.63, 3.8) is 0 Å². The number of halogens is 3. The van der Waals surface area contributed by atoms with Gasteiger partial charge in [0.15, 0.2) is 0 Å². The summed E-state index contributed by atoms with van der Waals surface area (Å²) < 4.78 is 25.2. The van der Waals surface area contributed by atoms with Crippen LogP contribution in [0.2, 0.25) is 0 Å². The lowest BCUT2D eigenvalue weighted by atomic mass is 9.95. The highest BCUT2D eigenvalue weighted by Gasteiger charge is 2.35. The van der Waals surface area contributed by atoms with Crippen molar-refractivity contribution in [2.75, 3.05) is 0 Å². The number of nitrogens with zero attached hydrogens (tertiary/aromatic N) is 3. The molecule has 2 unspecified atom stereocenters. The molecule has 10 nitrogen and oxygen atoms in total. The summed E-state index contributed by atoms with van der Waals surface area (Å²) in [5.74, 6) is -3.10. The number of carboxylic acids is 2. The standard InChI is InChI=1S/C16H13FN2O3.C9H10N2O2.C7H4ClFO/c17-13-3-1-10(2-4-13)15(20)19-9-11-5-6-18-8-12(11)7-14(19)16(21)22;12-9(13)8-3-7-4-10-2-1-6(7)5-11-8;8-7(10)5-1-3-6(9)4-2-5/h1-6,8,14H,7,9H2,(H,21,22);1-2,4,8,11H,3,5H2,(H,12,13);1-4H. The average molecular weight is 637 g/mol. The summed E-state index contributed by atoms with van der Waals surface area (Å²) in [4.78, 5) is 54.4. The summed E-state index contributed by atoms with van der Waals surface area (Å²) in [6.45, 7) is 0.819. The topological polar surface area (TPSA) is 150 Å². The van der Waals surface area contributed by atoms with E-state index in [0.717, 1.165) is 22.3 Å². The average Bonchev–Trinajstić information content (AvgIpc) is 3.04. The van der Waals surface area contributed by atoms with Crippen LogP contribution in [0.3, 0.4) is 0 Å². The van der Waals surface area contributed by atoms with E-state index in [9.17, 15) is 33.1 Å². The van der Waals surface area contributed by atoms with E-state index in [4.69, 9.17) is 16.7 Å². The van der Waals surface area contributed by atoms with Crippen LogP contribution in [0.25, 0.3) is 0 Å². The number of amides is 1. The maximum atomic E-state index is 13.0. The van der Waals surface area contributed by atoms with E-state index in [2.05, 4.69) is 15.3 Å². The number of rotatable bonds is 4. The smallest absolute Gasteiger partial charge is 0.326 e. The van der Waals surface area contributed by atoms with E-state index in [-0.39, 0.29) is 24.3 Å². The molecule has 2 aliphatic rings. The number of carboxylic acid groups (broad SMARTS) is 2. The van der Waals surface area contributed by atoms with Crippen LogP contribution in [0.5, 0.6) is 0 Å². The Bertz CT molecular complexity index is 1690. The van der Waals surface area contributed by atoms with Gasteiger partial charge in [0, 0.05) is 61.8 Å². The summed E-state index contributed by atoms with van der Waals surface area (Å²) in [5, 5.41) is 20.6. The van der Waals surface area contributed by atoms with Crippen LogP contribution in [-0.4, -0.2) is 60.3 Å². The molecule has 1 amide bonds. The van der Waals surface area contributed by atoms with E-state index >= 15 is 0 Å². The fourth-order valence-electron chi connectivity index (χ4n) is 4.69. The van der Waals surface area contributed by atoms with Crippen LogP contribution in [-0.2, 0) is 35.5 Å². The molecule has 2 aliphatic heterocycles. The van der Waals surface area contributed by atoms with Gasteiger partial charge < -0.3 is 20.4 Å². The number of aromatic nitrogens is 2. The van der Waals surface area contributed by atoms with Gasteiger partial charge in [-0.3, -0.25) is 24.4 Å². The minimum absolute atomic E-state index is 0.199. The van der Waals surface area contributed by atoms with Crippen LogP contribution in [0.15, 0.2) is 85.5 Å². The van der Waals surface area contributed by atoms with Gasteiger partial charge in [-0.2, -0.15) is 0 Å². The third-order valence-electron chi connectivity index (χ3n) is 7.11. The van der Waals surface area contributed by atoms with Crippen molar-refractivity contribution in [3.8, 4) is 0 Å². The Morgan fingerprint density at radius 1 is 0.733 bits per heavy atom. The van der Waals surface area contributed by atoms with Crippen molar-refractivity contribution in [2.45, 2.75) is 38.0 Å². The molecule has 6 rings (SSSR count). The van der Waals surface area contributed by atoms with E-state index in [1.807, 2.05) is 6.07 Å². The van der Waals surface area contributed by atoms with Gasteiger partial charge in [0.1, 0.15) is 23.7 Å². The zero-order chi connectivity index (χ0) is 32.5. The minimum atomic E-state index is -1.06. The number of hydrogen-bond donors (Lipinski definition) is 3. The lowest BCUT2D eigenvalue weighted by Crippen LogP contribution is -2.48. The van der Waals surface area contributed by atoms with Gasteiger partial charge in [0.2, 0.25) is 0 Å². The summed E-state index contributed by atoms with van der Waals surface area (Å²) in [6, 6.07) is 12.4. The summed E-state index contributed by atoms with van der Waals surface area (Å²) in [7, 11) is 0. The largest absolute Gasteiger partial charge is 0.480 e. The van der Waals surface area contributed by atoms with Crippen molar-refractivity contribution in [2.24, 2.45) is 0 Å². The van der Waals surface area contributed by atoms with Gasteiger partial charge >= 0.3 is 11.9 Å². The first-order valence-electron chi connectivity index (χ1n) is 13.6. The molecule has 2 aromatic carbocycles. The molecule has 0 bridgehead atoms. The molecular formula is C32H27ClF2N4O6. The number of aliphatic carboxylic acids is 2. The number of benzene rings is 2. The summed E-state index contributed by atoms with van der Waals surface area (Å²) >= 11 is 5.09. The zero-order valence-corrected chi connectivity index (χ0v) is 24.3. The van der Waals surface area contributed by atoms with Gasteiger partial charge in [-0.25, -0.2) is 13.6 Å². The van der Waals surface area contributed by atoms with E-state index in [1.54, 1.807) is 30.9 Å². The Labute approximate surface area is 261 Å². The molecule has 0 fully saturated rings. The molecule has 2 atom stereocenters. The van der Waals surface area contributed by atoms with Crippen molar-refractivity contribution < 1.29 is 38.2 Å². The highest BCUT2D eigenvalue weighted by atomic mass is 35.5. The van der Waals surface area contributed by atoms with Crippen LogP contribution in [0, 0.1) is 11.6 Å². The maximum Gasteiger partial charge on any atom is 0.326 e. The molecule has 232 valence electrons. The number of carbonyl (C=O) groups is 4. The van der Waals surface area contributed by atoms with Gasteiger partial charge in [0.25, 0.3) is 11.1 Å². The normalized spacial score (nSPS) is 16.4. The molecule has 13 heteroatoms. The molecule has 0 spiro atoms. The molecule has 0 radical (unpaired) electrons. The third-order valence-corrected chi connectivity index (χ3v) is 7.33. The molecule has 4 aromatic rings. The Hall–Kier alpha value is -5.07. The lowest BCUT2D eigenvalue weighted by molar-refractivity contribution is -0.143. The number of nitrogens with one attached hydrogen (secondary N) is 1. The van der Waals surface area contributed by atoms with E-state index < -0.39 is 41.0 Å². The molecular weight excluding hydrogens is 610 g/mol. The molecule has 3 N–H and O–H groups in total. The molecule has 2 aromatic heterocycles. The number of pyridine rings is 2. The minimum Gasteiger partial charge on any atom is -0.480 e. The Kier molecular flexibility index (Phi) is 11.0. The molecule has 45 heavy (non-hydrogen) atoms. The Morgan fingerprint density at radius 3 is 1.80 bits per heavy atom. The van der Waals surface area contributed by atoms with Crippen molar-refractivity contribution in [1.82, 2.24) is 20.2 Å². The molecule has 4 heterocycles. The van der Waals surface area contributed by atoms with Gasteiger partial charge in [-0.15, -0.1) is 0 Å². The number of hydrogen-bond acceptors (Lipinski definition) is 7. The van der Waals surface area contributed by atoms with Crippen molar-refractivity contribution >= 4 is 34.7 Å². The highest BCUT2D eigenvalue weighted by molar-refractivity contribution is 6.67. The zero-order valence-electron chi connectivity index (χ0n) is 23.6. The molecule has 0 saturated carbocycles. The van der Waals surface area contributed by atoms with Crippen LogP contribution >= 0.6 is 11.6 Å². The van der Waals surface area contributed by atoms with E-state index in [0.29, 0.717) is 18.5 Å². The second-order valence-corrected chi connectivity index (χ2v) is 10.4. The highest BCUT2D eigenvalue weighted by Crippen LogP contribution is 2.25. The fourth-order valence-corrected chi connectivity index (χ4v) is 4.82. The second kappa shape index (κ2) is 15.1. The maximum absolute atomic E-state index is 13.0. The third kappa shape index (κ3) is 8.74. The predicted octanol–water partition coefficient (Wildman–Crippen LogP) is 4.26. The first-order chi connectivity index (χ1) is 21.5.